The summed E-state index contributed by atoms with van der Waals surface area (Å²) in [5.41, 5.74) is 9.59. The van der Waals surface area contributed by atoms with Gasteiger partial charge in [0.2, 0.25) is 0 Å². The van der Waals surface area contributed by atoms with E-state index in [1.54, 1.807) is 0 Å². The molecule has 1 aliphatic carbocycles. The Morgan fingerprint density at radius 2 is 1.23 bits per heavy atom. The average Bonchev–Trinajstić information content (AvgIpc) is 3.20. The van der Waals surface area contributed by atoms with Crippen molar-refractivity contribution in [2.75, 3.05) is 0 Å². The van der Waals surface area contributed by atoms with Crippen LogP contribution in [0.3, 0.4) is 0 Å². The molecule has 7 rings (SSSR count). The summed E-state index contributed by atoms with van der Waals surface area (Å²) in [7, 11) is 0. The lowest BCUT2D eigenvalue weighted by molar-refractivity contribution is 0.953. The van der Waals surface area contributed by atoms with Crippen molar-refractivity contribution in [3.8, 4) is 16.8 Å². The third kappa shape index (κ3) is 2.26. The van der Waals surface area contributed by atoms with Crippen LogP contribution in [0.1, 0.15) is 11.1 Å². The van der Waals surface area contributed by atoms with Crippen LogP contribution in [0.4, 0.5) is 0 Å². The second-order valence-corrected chi connectivity index (χ2v) is 8.47. The van der Waals surface area contributed by atoms with Crippen LogP contribution in [0.15, 0.2) is 103 Å². The van der Waals surface area contributed by atoms with Gasteiger partial charge in [-0.25, -0.2) is 0 Å². The van der Waals surface area contributed by atoms with Gasteiger partial charge in [-0.2, -0.15) is 0 Å². The Bertz CT molecular complexity index is 1620. The van der Waals surface area contributed by atoms with Gasteiger partial charge in [0.15, 0.2) is 0 Å². The molecule has 0 atom stereocenters. The summed E-state index contributed by atoms with van der Waals surface area (Å²) in [4.78, 5) is 0. The minimum Gasteiger partial charge on any atom is -0.309 e. The van der Waals surface area contributed by atoms with Crippen molar-refractivity contribution < 1.29 is 0 Å². The molecule has 1 heterocycles. The second kappa shape index (κ2) is 6.33. The number of hydrogen-bond donors (Lipinski definition) is 0. The van der Waals surface area contributed by atoms with E-state index >= 15 is 0 Å². The quantitative estimate of drug-likeness (QED) is 0.269. The molecule has 1 heteroatoms. The van der Waals surface area contributed by atoms with Crippen LogP contribution in [0, 0.1) is 0 Å². The molecule has 6 aromatic rings. The fourth-order valence-corrected chi connectivity index (χ4v) is 5.63. The van der Waals surface area contributed by atoms with Gasteiger partial charge < -0.3 is 4.57 Å². The zero-order valence-corrected chi connectivity index (χ0v) is 17.2. The van der Waals surface area contributed by atoms with Gasteiger partial charge >= 0.3 is 0 Å². The van der Waals surface area contributed by atoms with Gasteiger partial charge in [0.25, 0.3) is 0 Å². The van der Waals surface area contributed by atoms with E-state index in [2.05, 4.69) is 108 Å². The molecule has 1 nitrogen and oxygen atoms in total. The van der Waals surface area contributed by atoms with E-state index in [-0.39, 0.29) is 0 Å². The van der Waals surface area contributed by atoms with Crippen LogP contribution in [0.25, 0.3) is 49.4 Å². The lowest BCUT2D eigenvalue weighted by atomic mass is 9.80. The maximum atomic E-state index is 2.46. The molecule has 0 unspecified atom stereocenters. The van der Waals surface area contributed by atoms with Gasteiger partial charge in [0.1, 0.15) is 0 Å². The molecule has 0 aliphatic heterocycles. The largest absolute Gasteiger partial charge is 0.309 e. The molecule has 0 radical (unpaired) electrons. The zero-order chi connectivity index (χ0) is 20.4. The Balaban J connectivity index is 1.81. The van der Waals surface area contributed by atoms with Crippen molar-refractivity contribution in [2.24, 2.45) is 0 Å². The van der Waals surface area contributed by atoms with Crippen molar-refractivity contribution in [1.82, 2.24) is 4.57 Å². The van der Waals surface area contributed by atoms with Gasteiger partial charge in [-0.3, -0.25) is 0 Å². The van der Waals surface area contributed by atoms with Crippen LogP contribution in [-0.4, -0.2) is 4.57 Å². The normalized spacial score (nSPS) is 12.9. The number of fused-ring (bicyclic) bond motifs is 10. The summed E-state index contributed by atoms with van der Waals surface area (Å²) in [6.45, 7) is 0. The Morgan fingerprint density at radius 3 is 2.10 bits per heavy atom. The van der Waals surface area contributed by atoms with E-state index in [4.69, 9.17) is 0 Å². The Morgan fingerprint density at radius 1 is 0.548 bits per heavy atom. The van der Waals surface area contributed by atoms with Crippen molar-refractivity contribution in [2.45, 2.75) is 12.8 Å². The van der Waals surface area contributed by atoms with Crippen molar-refractivity contribution in [3.05, 3.63) is 114 Å². The Kier molecular flexibility index (Phi) is 3.45. The van der Waals surface area contributed by atoms with E-state index < -0.39 is 0 Å². The van der Waals surface area contributed by atoms with E-state index in [9.17, 15) is 0 Å². The van der Waals surface area contributed by atoms with Crippen LogP contribution in [0.2, 0.25) is 0 Å². The smallest absolute Gasteiger partial charge is 0.0625 e. The topological polar surface area (TPSA) is 4.93 Å². The lowest BCUT2D eigenvalue weighted by Crippen LogP contribution is -2.06. The fraction of sp³-hybridized carbons (Fsp3) is 0.0667. The summed E-state index contributed by atoms with van der Waals surface area (Å²) in [5.74, 6) is 0. The maximum absolute atomic E-state index is 2.46. The molecule has 0 amide bonds. The molecule has 1 aliphatic rings. The van der Waals surface area contributed by atoms with Gasteiger partial charge in [0.05, 0.1) is 11.0 Å². The molecule has 31 heavy (non-hydrogen) atoms. The van der Waals surface area contributed by atoms with Gasteiger partial charge in [0, 0.05) is 21.8 Å². The van der Waals surface area contributed by atoms with Crippen molar-refractivity contribution in [1.29, 1.82) is 0 Å². The first-order valence-electron chi connectivity index (χ1n) is 11.0. The monoisotopic (exact) mass is 395 g/mol. The molecule has 5 aromatic carbocycles. The maximum Gasteiger partial charge on any atom is 0.0625 e. The third-order valence-corrected chi connectivity index (χ3v) is 6.88. The zero-order valence-electron chi connectivity index (χ0n) is 17.2. The van der Waals surface area contributed by atoms with Gasteiger partial charge in [-0.15, -0.1) is 0 Å². The highest BCUT2D eigenvalue weighted by Gasteiger charge is 2.26. The molecule has 0 saturated carbocycles. The third-order valence-electron chi connectivity index (χ3n) is 6.88. The van der Waals surface area contributed by atoms with E-state index in [1.807, 2.05) is 0 Å². The number of aryl methyl sites for hydroxylation is 2. The standard InChI is InChI=1S/C30H21N/c1-2-11-21(12-3-1)31-27-17-9-8-16-26(27)29-28-22-13-5-4-10-20(22)18-19-24(28)23-14-6-7-15-25(23)30(29)31/h1-17H,18-19H2. The molecule has 0 saturated heterocycles. The number of rotatable bonds is 1. The molecule has 0 spiro atoms. The molecule has 0 N–H and O–H groups in total. The van der Waals surface area contributed by atoms with Crippen molar-refractivity contribution >= 4 is 32.6 Å². The highest BCUT2D eigenvalue weighted by Crippen LogP contribution is 2.47. The highest BCUT2D eigenvalue weighted by atomic mass is 15.0. The summed E-state index contributed by atoms with van der Waals surface area (Å²) in [6.07, 6.45) is 2.20. The van der Waals surface area contributed by atoms with Crippen LogP contribution in [0.5, 0.6) is 0 Å². The van der Waals surface area contributed by atoms with E-state index in [0.717, 1.165) is 12.8 Å². The minimum absolute atomic E-state index is 1.09. The molecule has 0 fully saturated rings. The molecule has 1 aromatic heterocycles. The highest BCUT2D eigenvalue weighted by molar-refractivity contribution is 6.25. The van der Waals surface area contributed by atoms with Gasteiger partial charge in [-0.05, 0) is 58.7 Å². The molecule has 146 valence electrons. The average molecular weight is 396 g/mol. The molecular weight excluding hydrogens is 374 g/mol. The van der Waals surface area contributed by atoms with Crippen LogP contribution < -0.4 is 0 Å². The predicted molar refractivity (Wildman–Crippen MR) is 131 cm³/mol. The first-order chi connectivity index (χ1) is 15.4. The first kappa shape index (κ1) is 16.9. The number of nitrogens with zero attached hydrogens (tertiary/aromatic N) is 1. The number of hydrogen-bond acceptors (Lipinski definition) is 0. The molecular formula is C30H21N. The van der Waals surface area contributed by atoms with Crippen LogP contribution >= 0.6 is 0 Å². The number of benzene rings is 5. The van der Waals surface area contributed by atoms with Crippen LogP contribution in [-0.2, 0) is 12.8 Å². The summed E-state index contributed by atoms with van der Waals surface area (Å²) in [5, 5.41) is 5.45. The summed E-state index contributed by atoms with van der Waals surface area (Å²) >= 11 is 0. The molecule has 0 bridgehead atoms. The number of aromatic nitrogens is 1. The second-order valence-electron chi connectivity index (χ2n) is 8.47. The number of para-hydroxylation sites is 2. The minimum atomic E-state index is 1.09. The van der Waals surface area contributed by atoms with E-state index in [1.165, 1.54) is 60.5 Å². The van der Waals surface area contributed by atoms with E-state index in [0.29, 0.717) is 0 Å². The lowest BCUT2D eigenvalue weighted by Gasteiger charge is -2.23. The van der Waals surface area contributed by atoms with Crippen molar-refractivity contribution in [3.63, 3.8) is 0 Å². The summed E-state index contributed by atoms with van der Waals surface area (Å²) < 4.78 is 2.46. The Hall–Kier alpha value is -3.84. The Labute approximate surface area is 181 Å². The van der Waals surface area contributed by atoms with Gasteiger partial charge in [-0.1, -0.05) is 84.9 Å². The fourth-order valence-electron chi connectivity index (χ4n) is 5.63. The first-order valence-corrected chi connectivity index (χ1v) is 11.0. The predicted octanol–water partition coefficient (Wildman–Crippen LogP) is 7.70. The summed E-state index contributed by atoms with van der Waals surface area (Å²) in [6, 6.07) is 37.6. The SMILES string of the molecule is c1ccc(-n2c3ccccc3c3c4c(c5ccccc5c32)CCc2ccccc2-4)cc1.